The summed E-state index contributed by atoms with van der Waals surface area (Å²) in [5, 5.41) is 7.07. The van der Waals surface area contributed by atoms with E-state index in [1.54, 1.807) is 0 Å². The number of fused-ring (bicyclic) bond motifs is 12. The first-order valence-electron chi connectivity index (χ1n) is 18.4. The molecule has 1 atom stereocenters. The topological polar surface area (TPSA) is 49.0 Å². The van der Waals surface area contributed by atoms with Crippen molar-refractivity contribution in [1.29, 1.82) is 0 Å². The van der Waals surface area contributed by atoms with Crippen LogP contribution in [0.4, 0.5) is 0 Å². The molecule has 11 aromatic rings. The van der Waals surface area contributed by atoms with E-state index in [1.807, 2.05) is 18.3 Å². The molecule has 0 amide bonds. The van der Waals surface area contributed by atoms with Crippen LogP contribution >= 0.6 is 0 Å². The number of allylic oxidation sites excluding steroid dienone is 3. The van der Waals surface area contributed by atoms with E-state index in [1.165, 1.54) is 49.3 Å². The highest BCUT2D eigenvalue weighted by molar-refractivity contribution is 6.13. The zero-order valence-corrected chi connectivity index (χ0v) is 29.3. The van der Waals surface area contributed by atoms with Gasteiger partial charge in [-0.25, -0.2) is 0 Å². The summed E-state index contributed by atoms with van der Waals surface area (Å²) >= 11 is 0. The van der Waals surface area contributed by atoms with Gasteiger partial charge in [-0.15, -0.1) is 0 Å². The Morgan fingerprint density at radius 3 is 1.80 bits per heavy atom. The van der Waals surface area contributed by atoms with E-state index in [4.69, 9.17) is 8.83 Å². The quantitative estimate of drug-likeness (QED) is 0.185. The number of rotatable bonds is 3. The molecule has 5 heteroatoms. The monoisotopic (exact) mass is 693 g/mol. The van der Waals surface area contributed by atoms with Crippen molar-refractivity contribution in [2.24, 2.45) is 0 Å². The maximum Gasteiger partial charge on any atom is 0.153 e. The summed E-state index contributed by atoms with van der Waals surface area (Å²) in [5.41, 5.74) is 13.9. The van der Waals surface area contributed by atoms with Gasteiger partial charge in [-0.05, 0) is 102 Å². The number of aromatic nitrogens is 3. The molecule has 254 valence electrons. The molecule has 5 nitrogen and oxygen atoms in total. The molecule has 5 aromatic heterocycles. The van der Waals surface area contributed by atoms with Crippen molar-refractivity contribution in [3.05, 3.63) is 169 Å². The highest BCUT2D eigenvalue weighted by atomic mass is 16.3. The van der Waals surface area contributed by atoms with Gasteiger partial charge in [0.05, 0.1) is 22.1 Å². The average molecular weight is 694 g/mol. The van der Waals surface area contributed by atoms with Gasteiger partial charge < -0.3 is 18.0 Å². The molecule has 1 unspecified atom stereocenters. The summed E-state index contributed by atoms with van der Waals surface area (Å²) in [5.74, 6) is 1.20. The Morgan fingerprint density at radius 2 is 1.11 bits per heavy atom. The molecule has 5 heterocycles. The van der Waals surface area contributed by atoms with E-state index in [9.17, 15) is 0 Å². The van der Waals surface area contributed by atoms with E-state index in [-0.39, 0.29) is 5.92 Å². The van der Waals surface area contributed by atoms with Gasteiger partial charge in [-0.3, -0.25) is 4.98 Å². The van der Waals surface area contributed by atoms with Crippen LogP contribution in [0.15, 0.2) is 167 Å². The van der Waals surface area contributed by atoms with Gasteiger partial charge in [0.1, 0.15) is 22.4 Å². The first-order chi connectivity index (χ1) is 26.7. The molecular formula is C49H31N3O2. The Hall–Kier alpha value is -7.11. The van der Waals surface area contributed by atoms with Crippen LogP contribution in [0.2, 0.25) is 0 Å². The number of pyridine rings is 1. The molecular weight excluding hydrogens is 663 g/mol. The minimum atomic E-state index is 0.261. The van der Waals surface area contributed by atoms with Gasteiger partial charge in [-0.1, -0.05) is 73.7 Å². The number of benzene rings is 6. The molecule has 12 rings (SSSR count). The summed E-state index contributed by atoms with van der Waals surface area (Å²) in [6.45, 7) is 2.24. The van der Waals surface area contributed by atoms with Crippen LogP contribution in [0.3, 0.4) is 0 Å². The van der Waals surface area contributed by atoms with Gasteiger partial charge in [0, 0.05) is 61.4 Å². The van der Waals surface area contributed by atoms with E-state index in [0.717, 1.165) is 61.2 Å². The molecule has 0 saturated carbocycles. The lowest BCUT2D eigenvalue weighted by Gasteiger charge is -2.10. The van der Waals surface area contributed by atoms with E-state index in [0.29, 0.717) is 0 Å². The Morgan fingerprint density at radius 1 is 0.500 bits per heavy atom. The molecule has 54 heavy (non-hydrogen) atoms. The Kier molecular flexibility index (Phi) is 5.98. The van der Waals surface area contributed by atoms with Crippen molar-refractivity contribution in [1.82, 2.24) is 14.1 Å². The first kappa shape index (κ1) is 29.5. The second kappa shape index (κ2) is 11.0. The zero-order chi connectivity index (χ0) is 35.5. The summed E-state index contributed by atoms with van der Waals surface area (Å²) in [6.07, 6.45) is 10.3. The van der Waals surface area contributed by atoms with Crippen molar-refractivity contribution in [2.75, 3.05) is 0 Å². The molecule has 0 spiro atoms. The van der Waals surface area contributed by atoms with Gasteiger partial charge >= 0.3 is 0 Å². The summed E-state index contributed by atoms with van der Waals surface area (Å²) in [7, 11) is 0. The first-order valence-corrected chi connectivity index (χ1v) is 18.4. The molecule has 0 fully saturated rings. The minimum Gasteiger partial charge on any atom is -0.456 e. The lowest BCUT2D eigenvalue weighted by atomic mass is 9.98. The van der Waals surface area contributed by atoms with Crippen LogP contribution in [0.1, 0.15) is 24.2 Å². The number of hydrogen-bond donors (Lipinski definition) is 0. The lowest BCUT2D eigenvalue weighted by Crippen LogP contribution is -1.95. The largest absolute Gasteiger partial charge is 0.456 e. The van der Waals surface area contributed by atoms with Crippen LogP contribution in [-0.2, 0) is 0 Å². The van der Waals surface area contributed by atoms with E-state index >= 15 is 0 Å². The number of para-hydroxylation sites is 2. The fourth-order valence-corrected chi connectivity index (χ4v) is 8.91. The molecule has 0 aliphatic heterocycles. The lowest BCUT2D eigenvalue weighted by molar-refractivity contribution is 0.597. The second-order valence-electron chi connectivity index (χ2n) is 14.4. The van der Waals surface area contributed by atoms with Gasteiger partial charge in [0.25, 0.3) is 0 Å². The SMILES string of the molecule is CC1C=CC=Cc2oc3ccc(-n4c5ccccc5c5cc(-c6ccc7c(c6)c6ccccc6n7-c6ccc7oc8cccnc8c7c6)ccc54)cc3c21. The Balaban J connectivity index is 1.02. The van der Waals surface area contributed by atoms with Crippen LogP contribution < -0.4 is 0 Å². The Labute approximate surface area is 309 Å². The molecule has 1 aliphatic carbocycles. The van der Waals surface area contributed by atoms with E-state index in [2.05, 4.69) is 167 Å². The van der Waals surface area contributed by atoms with Crippen molar-refractivity contribution >= 4 is 82.7 Å². The van der Waals surface area contributed by atoms with Crippen LogP contribution in [0.25, 0.3) is 105 Å². The number of nitrogens with zero attached hydrogens (tertiary/aromatic N) is 3. The molecule has 0 N–H and O–H groups in total. The predicted molar refractivity (Wildman–Crippen MR) is 222 cm³/mol. The molecule has 0 bridgehead atoms. The maximum absolute atomic E-state index is 6.32. The van der Waals surface area contributed by atoms with Crippen molar-refractivity contribution in [3.63, 3.8) is 0 Å². The second-order valence-corrected chi connectivity index (χ2v) is 14.4. The molecule has 6 aromatic carbocycles. The third-order valence-corrected chi connectivity index (χ3v) is 11.4. The summed E-state index contributed by atoms with van der Waals surface area (Å²) in [6, 6.07) is 48.1. The van der Waals surface area contributed by atoms with E-state index < -0.39 is 0 Å². The minimum absolute atomic E-state index is 0.261. The molecule has 0 saturated heterocycles. The zero-order valence-electron chi connectivity index (χ0n) is 29.3. The molecule has 0 radical (unpaired) electrons. The maximum atomic E-state index is 6.32. The van der Waals surface area contributed by atoms with Crippen LogP contribution in [0, 0.1) is 0 Å². The average Bonchev–Trinajstić information content (AvgIpc) is 3.93. The molecule has 1 aliphatic rings. The van der Waals surface area contributed by atoms with Gasteiger partial charge in [0.15, 0.2) is 5.58 Å². The third-order valence-electron chi connectivity index (χ3n) is 11.4. The highest BCUT2D eigenvalue weighted by Crippen LogP contribution is 2.41. The normalized spacial score (nSPS) is 14.4. The summed E-state index contributed by atoms with van der Waals surface area (Å²) in [4.78, 5) is 4.64. The fraction of sp³-hybridized carbons (Fsp3) is 0.0408. The standard InChI is InChI=1S/C49H31N3O2/c1-29-9-2-7-14-46-48(29)38-27-32(18-22-44(38)53-46)51-40-12-5-3-10-34(40)36-25-30(16-20-42(36)51)31-17-21-43-37(26-31)35-11-4-6-13-41(35)52(43)33-19-23-45-39(28-33)49-47(54-45)15-8-24-50-49/h2-29H,1H3. The number of furan rings is 2. The van der Waals surface area contributed by atoms with Gasteiger partial charge in [0.2, 0.25) is 0 Å². The highest BCUT2D eigenvalue weighted by Gasteiger charge is 2.21. The van der Waals surface area contributed by atoms with Gasteiger partial charge in [-0.2, -0.15) is 0 Å². The fourth-order valence-electron chi connectivity index (χ4n) is 8.91. The van der Waals surface area contributed by atoms with Crippen molar-refractivity contribution < 1.29 is 8.83 Å². The van der Waals surface area contributed by atoms with Crippen molar-refractivity contribution in [2.45, 2.75) is 12.8 Å². The number of hydrogen-bond acceptors (Lipinski definition) is 3. The van der Waals surface area contributed by atoms with Crippen molar-refractivity contribution in [3.8, 4) is 22.5 Å². The Bertz CT molecular complexity index is 3420. The predicted octanol–water partition coefficient (Wildman–Crippen LogP) is 13.3. The summed E-state index contributed by atoms with van der Waals surface area (Å²) < 4.78 is 17.2. The third kappa shape index (κ3) is 4.12. The smallest absolute Gasteiger partial charge is 0.153 e. The van der Waals surface area contributed by atoms with Crippen LogP contribution in [0.5, 0.6) is 0 Å². The van der Waals surface area contributed by atoms with Crippen LogP contribution in [-0.4, -0.2) is 14.1 Å².